The van der Waals surface area contributed by atoms with Crippen molar-refractivity contribution in [3.05, 3.63) is 45.2 Å². The molecule has 2 N–H and O–H groups in total. The molecule has 7 heteroatoms. The van der Waals surface area contributed by atoms with Crippen molar-refractivity contribution >= 4 is 40.4 Å². The second kappa shape index (κ2) is 6.64. The van der Waals surface area contributed by atoms with Gasteiger partial charge >= 0.3 is 0 Å². The highest BCUT2D eigenvalue weighted by atomic mass is 35.5. The Labute approximate surface area is 138 Å². The maximum atomic E-state index is 6.27. The molecule has 0 saturated carbocycles. The lowest BCUT2D eigenvalue weighted by Crippen LogP contribution is -2.09. The molecule has 1 heterocycles. The average Bonchev–Trinajstić information content (AvgIpc) is 2.72. The van der Waals surface area contributed by atoms with Crippen LogP contribution in [0.3, 0.4) is 0 Å². The summed E-state index contributed by atoms with van der Waals surface area (Å²) in [6.45, 7) is 2.29. The molecule has 0 aliphatic heterocycles. The van der Waals surface area contributed by atoms with Crippen molar-refractivity contribution in [3.8, 4) is 5.75 Å². The topological polar surface area (TPSA) is 53.1 Å². The van der Waals surface area contributed by atoms with Crippen molar-refractivity contribution in [2.24, 2.45) is 12.8 Å². The van der Waals surface area contributed by atoms with E-state index in [4.69, 9.17) is 45.9 Å². The highest BCUT2D eigenvalue weighted by Gasteiger charge is 2.14. The van der Waals surface area contributed by atoms with Gasteiger partial charge in [0.25, 0.3) is 0 Å². The van der Waals surface area contributed by atoms with Gasteiger partial charge < -0.3 is 10.5 Å². The number of hydrogen-bond acceptors (Lipinski definition) is 3. The summed E-state index contributed by atoms with van der Waals surface area (Å²) in [6.07, 6.45) is 0.774. The van der Waals surface area contributed by atoms with E-state index in [1.165, 1.54) is 0 Å². The molecule has 1 aromatic heterocycles. The van der Waals surface area contributed by atoms with Gasteiger partial charge in [-0.05, 0) is 24.6 Å². The van der Waals surface area contributed by atoms with Crippen molar-refractivity contribution in [1.29, 1.82) is 0 Å². The van der Waals surface area contributed by atoms with Crippen LogP contribution >= 0.6 is 35.4 Å². The monoisotopic (exact) mass is 343 g/mol. The third-order valence-electron chi connectivity index (χ3n) is 3.08. The summed E-state index contributed by atoms with van der Waals surface area (Å²) in [5.41, 5.74) is 7.92. The van der Waals surface area contributed by atoms with Gasteiger partial charge in [-0.25, -0.2) is 0 Å². The third-order valence-corrected chi connectivity index (χ3v) is 4.05. The highest BCUT2D eigenvalue weighted by Crippen LogP contribution is 2.28. The number of rotatable bonds is 5. The molecule has 1 aromatic carbocycles. The summed E-state index contributed by atoms with van der Waals surface area (Å²) < 4.78 is 7.44. The quantitative estimate of drug-likeness (QED) is 0.844. The number of nitrogens with two attached hydrogens (primary N) is 1. The molecular formula is C14H15Cl2N3OS. The standard InChI is InChI=1S/C14H15Cl2N3OS/c1-3-10-13(16)11(19(2)18-10)7-20-12-5-4-8(14(17)21)6-9(12)15/h4-6H,3,7H2,1-2H3,(H2,17,21). The van der Waals surface area contributed by atoms with Crippen LogP contribution < -0.4 is 10.5 Å². The molecule has 0 saturated heterocycles. The van der Waals surface area contributed by atoms with Gasteiger partial charge in [-0.1, -0.05) is 42.3 Å². The second-order valence-electron chi connectivity index (χ2n) is 4.48. The summed E-state index contributed by atoms with van der Waals surface area (Å²) in [7, 11) is 1.83. The van der Waals surface area contributed by atoms with Gasteiger partial charge in [0, 0.05) is 12.6 Å². The lowest BCUT2D eigenvalue weighted by Gasteiger charge is -2.09. The molecule has 0 unspecified atom stereocenters. The zero-order valence-electron chi connectivity index (χ0n) is 11.7. The maximum Gasteiger partial charge on any atom is 0.138 e. The van der Waals surface area contributed by atoms with Crippen LogP contribution in [0.2, 0.25) is 10.0 Å². The van der Waals surface area contributed by atoms with Gasteiger partial charge in [-0.15, -0.1) is 0 Å². The number of benzene rings is 1. The van der Waals surface area contributed by atoms with Crippen LogP contribution in [0, 0.1) is 0 Å². The predicted octanol–water partition coefficient (Wildman–Crippen LogP) is 3.50. The molecular weight excluding hydrogens is 329 g/mol. The molecule has 0 radical (unpaired) electrons. The first-order chi connectivity index (χ1) is 9.93. The number of halogens is 2. The van der Waals surface area contributed by atoms with Gasteiger partial charge in [0.05, 0.1) is 21.4 Å². The SMILES string of the molecule is CCc1nn(C)c(COc2ccc(C(N)=S)cc2Cl)c1Cl. The Balaban J connectivity index is 2.17. The van der Waals surface area contributed by atoms with Crippen LogP contribution in [0.25, 0.3) is 0 Å². The van der Waals surface area contributed by atoms with E-state index >= 15 is 0 Å². The second-order valence-corrected chi connectivity index (χ2v) is 5.71. The van der Waals surface area contributed by atoms with Crippen LogP contribution in [-0.2, 0) is 20.1 Å². The minimum absolute atomic E-state index is 0.286. The molecule has 0 amide bonds. The van der Waals surface area contributed by atoms with Crippen molar-refractivity contribution in [2.75, 3.05) is 0 Å². The summed E-state index contributed by atoms with van der Waals surface area (Å²) >= 11 is 17.3. The van der Waals surface area contributed by atoms with E-state index in [9.17, 15) is 0 Å². The number of hydrogen-bond donors (Lipinski definition) is 1. The molecule has 4 nitrogen and oxygen atoms in total. The summed E-state index contributed by atoms with van der Waals surface area (Å²) in [5.74, 6) is 0.548. The van der Waals surface area contributed by atoms with Gasteiger partial charge in [0.1, 0.15) is 17.3 Å². The fraction of sp³-hybridized carbons (Fsp3) is 0.286. The Morgan fingerprint density at radius 1 is 1.43 bits per heavy atom. The summed E-state index contributed by atoms with van der Waals surface area (Å²) in [5, 5.41) is 5.43. The first-order valence-corrected chi connectivity index (χ1v) is 7.52. The Hall–Kier alpha value is -1.30. The first kappa shape index (κ1) is 16.1. The summed E-state index contributed by atoms with van der Waals surface area (Å²) in [4.78, 5) is 0.297. The van der Waals surface area contributed by atoms with E-state index < -0.39 is 0 Å². The van der Waals surface area contributed by atoms with E-state index in [1.54, 1.807) is 22.9 Å². The minimum Gasteiger partial charge on any atom is -0.486 e. The Bertz CT molecular complexity index is 685. The van der Waals surface area contributed by atoms with Crippen molar-refractivity contribution in [3.63, 3.8) is 0 Å². The average molecular weight is 344 g/mol. The summed E-state index contributed by atoms with van der Waals surface area (Å²) in [6, 6.07) is 5.19. The molecule has 0 atom stereocenters. The smallest absolute Gasteiger partial charge is 0.138 e. The molecule has 112 valence electrons. The van der Waals surface area contributed by atoms with E-state index in [-0.39, 0.29) is 6.61 Å². The van der Waals surface area contributed by atoms with Crippen molar-refractivity contribution in [2.45, 2.75) is 20.0 Å². The molecule has 0 aliphatic carbocycles. The van der Waals surface area contributed by atoms with Crippen LogP contribution in [0.5, 0.6) is 5.75 Å². The fourth-order valence-electron chi connectivity index (χ4n) is 1.89. The Morgan fingerprint density at radius 3 is 2.67 bits per heavy atom. The van der Waals surface area contributed by atoms with Crippen molar-refractivity contribution in [1.82, 2.24) is 9.78 Å². The highest BCUT2D eigenvalue weighted by molar-refractivity contribution is 7.80. The minimum atomic E-state index is 0.286. The van der Waals surface area contributed by atoms with Crippen molar-refractivity contribution < 1.29 is 4.74 Å². The molecule has 0 fully saturated rings. The van der Waals surface area contributed by atoms with Gasteiger partial charge in [-0.3, -0.25) is 4.68 Å². The Morgan fingerprint density at radius 2 is 2.14 bits per heavy atom. The molecule has 0 bridgehead atoms. The fourth-order valence-corrected chi connectivity index (χ4v) is 2.60. The van der Waals surface area contributed by atoms with Gasteiger partial charge in [0.15, 0.2) is 0 Å². The molecule has 2 aromatic rings. The first-order valence-electron chi connectivity index (χ1n) is 6.36. The molecule has 2 rings (SSSR count). The number of nitrogens with zero attached hydrogens (tertiary/aromatic N) is 2. The van der Waals surface area contributed by atoms with E-state index in [0.717, 1.165) is 17.8 Å². The number of aryl methyl sites for hydroxylation is 2. The van der Waals surface area contributed by atoms with E-state index in [0.29, 0.717) is 26.3 Å². The van der Waals surface area contributed by atoms with Crippen LogP contribution in [0.15, 0.2) is 18.2 Å². The largest absolute Gasteiger partial charge is 0.486 e. The Kier molecular flexibility index (Phi) is 5.08. The lowest BCUT2D eigenvalue weighted by molar-refractivity contribution is 0.295. The van der Waals surface area contributed by atoms with Crippen LogP contribution in [0.4, 0.5) is 0 Å². The zero-order valence-corrected chi connectivity index (χ0v) is 14.0. The zero-order chi connectivity index (χ0) is 15.6. The molecule has 0 aliphatic rings. The van der Waals surface area contributed by atoms with Crippen LogP contribution in [0.1, 0.15) is 23.9 Å². The van der Waals surface area contributed by atoms with Gasteiger partial charge in [0.2, 0.25) is 0 Å². The van der Waals surface area contributed by atoms with Crippen LogP contribution in [-0.4, -0.2) is 14.8 Å². The number of aromatic nitrogens is 2. The molecule has 0 spiro atoms. The maximum absolute atomic E-state index is 6.27. The normalized spacial score (nSPS) is 10.7. The lowest BCUT2D eigenvalue weighted by atomic mass is 10.2. The number of thiocarbonyl (C=S) groups is 1. The number of ether oxygens (including phenoxy) is 1. The predicted molar refractivity (Wildman–Crippen MR) is 89.3 cm³/mol. The van der Waals surface area contributed by atoms with Gasteiger partial charge in [-0.2, -0.15) is 5.10 Å². The third kappa shape index (κ3) is 3.48. The van der Waals surface area contributed by atoms with E-state index in [2.05, 4.69) is 5.10 Å². The van der Waals surface area contributed by atoms with E-state index in [1.807, 2.05) is 14.0 Å². The molecule has 21 heavy (non-hydrogen) atoms.